The number of fused-ring (bicyclic) bond motifs is 1. The van der Waals surface area contributed by atoms with Crippen molar-refractivity contribution in [3.63, 3.8) is 0 Å². The first-order valence-corrected chi connectivity index (χ1v) is 7.46. The minimum atomic E-state index is -4.68. The monoisotopic (exact) mass is 356 g/mol. The van der Waals surface area contributed by atoms with Crippen molar-refractivity contribution < 1.29 is 27.9 Å². The summed E-state index contributed by atoms with van der Waals surface area (Å²) in [6.07, 6.45) is -1.36. The number of carboxylic acid groups (broad SMARTS) is 1. The molecule has 0 radical (unpaired) electrons. The SMILES string of the molecule is Cc1cn2cc(NC(=O)N3C[C@@H](C(F)(F)F)[C@H](C(=O)O)C3)ccc2n1. The number of carboxylic acids is 1. The fourth-order valence-corrected chi connectivity index (χ4v) is 2.95. The maximum atomic E-state index is 13.0. The second-order valence-corrected chi connectivity index (χ2v) is 5.99. The first-order chi connectivity index (χ1) is 11.6. The predicted molar refractivity (Wildman–Crippen MR) is 81.2 cm³/mol. The van der Waals surface area contributed by atoms with Crippen LogP contribution in [-0.4, -0.2) is 50.7 Å². The number of aliphatic carboxylic acids is 1. The minimum Gasteiger partial charge on any atom is -0.481 e. The van der Waals surface area contributed by atoms with E-state index in [0.717, 1.165) is 10.6 Å². The molecule has 3 rings (SSSR count). The van der Waals surface area contributed by atoms with Crippen LogP contribution < -0.4 is 5.32 Å². The summed E-state index contributed by atoms with van der Waals surface area (Å²) in [5, 5.41) is 11.5. The van der Waals surface area contributed by atoms with Gasteiger partial charge in [0.1, 0.15) is 5.65 Å². The number of pyridine rings is 1. The molecule has 0 aromatic carbocycles. The molecule has 2 N–H and O–H groups in total. The number of rotatable bonds is 2. The first kappa shape index (κ1) is 17.1. The van der Waals surface area contributed by atoms with Gasteiger partial charge in [-0.15, -0.1) is 0 Å². The molecule has 7 nitrogen and oxygen atoms in total. The number of carbonyl (C=O) groups excluding carboxylic acids is 1. The summed E-state index contributed by atoms with van der Waals surface area (Å²) < 4.78 is 40.6. The zero-order valence-corrected chi connectivity index (χ0v) is 13.1. The Morgan fingerprint density at radius 1 is 1.28 bits per heavy atom. The van der Waals surface area contributed by atoms with Crippen LogP contribution >= 0.6 is 0 Å². The second kappa shape index (κ2) is 5.94. The normalized spacial score (nSPS) is 20.9. The fourth-order valence-electron chi connectivity index (χ4n) is 2.95. The van der Waals surface area contributed by atoms with Gasteiger partial charge >= 0.3 is 18.2 Å². The molecular weight excluding hydrogens is 341 g/mol. The van der Waals surface area contributed by atoms with E-state index in [9.17, 15) is 22.8 Å². The van der Waals surface area contributed by atoms with Gasteiger partial charge in [-0.3, -0.25) is 4.79 Å². The van der Waals surface area contributed by atoms with E-state index in [4.69, 9.17) is 5.11 Å². The Bertz CT molecular complexity index is 833. The van der Waals surface area contributed by atoms with Gasteiger partial charge in [0.2, 0.25) is 0 Å². The third-order valence-corrected chi connectivity index (χ3v) is 4.17. The molecular formula is C15H15F3N4O3. The van der Waals surface area contributed by atoms with Gasteiger partial charge in [-0.1, -0.05) is 0 Å². The highest BCUT2D eigenvalue weighted by Gasteiger charge is 2.53. The van der Waals surface area contributed by atoms with Crippen molar-refractivity contribution in [2.24, 2.45) is 11.8 Å². The van der Waals surface area contributed by atoms with Gasteiger partial charge in [-0.05, 0) is 19.1 Å². The van der Waals surface area contributed by atoms with Crippen molar-refractivity contribution in [3.05, 3.63) is 30.2 Å². The standard InChI is InChI=1S/C15H15F3N4O3/c1-8-4-21-5-9(2-3-12(21)19-8)20-14(25)22-6-10(13(23)24)11(7-22)15(16,17)18/h2-5,10-11H,6-7H2,1H3,(H,20,25)(H,23,24)/t10-,11-/m1/s1. The van der Waals surface area contributed by atoms with Crippen molar-refractivity contribution >= 4 is 23.3 Å². The first-order valence-electron chi connectivity index (χ1n) is 7.46. The molecule has 0 saturated carbocycles. The molecule has 1 aliphatic rings. The van der Waals surface area contributed by atoms with E-state index in [1.54, 1.807) is 35.9 Å². The van der Waals surface area contributed by atoms with Crippen LogP contribution in [0.1, 0.15) is 5.69 Å². The highest BCUT2D eigenvalue weighted by atomic mass is 19.4. The summed E-state index contributed by atoms with van der Waals surface area (Å²) in [5.41, 5.74) is 1.82. The number of urea groups is 1. The Morgan fingerprint density at radius 2 is 2.00 bits per heavy atom. The smallest absolute Gasteiger partial charge is 0.394 e. The van der Waals surface area contributed by atoms with E-state index in [1.165, 1.54) is 0 Å². The minimum absolute atomic E-state index is 0.372. The quantitative estimate of drug-likeness (QED) is 0.865. The molecule has 2 aromatic heterocycles. The second-order valence-electron chi connectivity index (χ2n) is 5.99. The van der Waals surface area contributed by atoms with Crippen molar-refractivity contribution in [3.8, 4) is 0 Å². The van der Waals surface area contributed by atoms with Crippen LogP contribution in [0, 0.1) is 18.8 Å². The van der Waals surface area contributed by atoms with E-state index in [0.29, 0.717) is 11.3 Å². The van der Waals surface area contributed by atoms with Crippen LogP contribution in [0.15, 0.2) is 24.5 Å². The Kier molecular flexibility index (Phi) is 4.05. The third-order valence-electron chi connectivity index (χ3n) is 4.17. The molecule has 2 atom stereocenters. The topological polar surface area (TPSA) is 86.9 Å². The van der Waals surface area contributed by atoms with Crippen LogP contribution in [0.5, 0.6) is 0 Å². The number of aryl methyl sites for hydroxylation is 1. The third kappa shape index (κ3) is 3.37. The number of hydrogen-bond acceptors (Lipinski definition) is 3. The molecule has 0 spiro atoms. The van der Waals surface area contributed by atoms with E-state index >= 15 is 0 Å². The molecule has 1 aliphatic heterocycles. The van der Waals surface area contributed by atoms with Gasteiger partial charge < -0.3 is 19.7 Å². The molecule has 0 bridgehead atoms. The van der Waals surface area contributed by atoms with Crippen LogP contribution in [0.4, 0.5) is 23.7 Å². The molecule has 10 heteroatoms. The summed E-state index contributed by atoms with van der Waals surface area (Å²) in [7, 11) is 0. The summed E-state index contributed by atoms with van der Waals surface area (Å²) in [4.78, 5) is 28.4. The lowest BCUT2D eigenvalue weighted by Crippen LogP contribution is -2.35. The molecule has 0 unspecified atom stereocenters. The average Bonchev–Trinajstić information content (AvgIpc) is 3.09. The van der Waals surface area contributed by atoms with E-state index in [-0.39, 0.29) is 0 Å². The van der Waals surface area contributed by atoms with Gasteiger partial charge in [-0.25, -0.2) is 9.78 Å². The van der Waals surface area contributed by atoms with E-state index in [2.05, 4.69) is 10.3 Å². The van der Waals surface area contributed by atoms with Crippen molar-refractivity contribution in [1.82, 2.24) is 14.3 Å². The van der Waals surface area contributed by atoms with E-state index < -0.39 is 43.1 Å². The zero-order valence-electron chi connectivity index (χ0n) is 13.1. The molecule has 1 fully saturated rings. The molecule has 2 amide bonds. The van der Waals surface area contributed by atoms with Crippen molar-refractivity contribution in [1.29, 1.82) is 0 Å². The number of alkyl halides is 3. The number of halogens is 3. The Labute approximate surface area is 140 Å². The zero-order chi connectivity index (χ0) is 18.4. The molecule has 134 valence electrons. The van der Waals surface area contributed by atoms with E-state index in [1.807, 2.05) is 0 Å². The lowest BCUT2D eigenvalue weighted by molar-refractivity contribution is -0.187. The van der Waals surface area contributed by atoms with Crippen LogP contribution in [0.3, 0.4) is 0 Å². The number of aromatic nitrogens is 2. The number of carbonyl (C=O) groups is 2. The lowest BCUT2D eigenvalue weighted by Gasteiger charge is -2.18. The highest BCUT2D eigenvalue weighted by molar-refractivity contribution is 5.90. The predicted octanol–water partition coefficient (Wildman–Crippen LogP) is 2.37. The highest BCUT2D eigenvalue weighted by Crippen LogP contribution is 2.37. The van der Waals surface area contributed by atoms with Crippen molar-refractivity contribution in [2.45, 2.75) is 13.1 Å². The van der Waals surface area contributed by atoms with Crippen LogP contribution in [-0.2, 0) is 4.79 Å². The maximum absolute atomic E-state index is 13.0. The fraction of sp³-hybridized carbons (Fsp3) is 0.400. The lowest BCUT2D eigenvalue weighted by atomic mass is 9.96. The molecule has 3 heterocycles. The number of nitrogens with zero attached hydrogens (tertiary/aromatic N) is 3. The van der Waals surface area contributed by atoms with Gasteiger partial charge in [0.25, 0.3) is 0 Å². The van der Waals surface area contributed by atoms with Gasteiger partial charge in [0, 0.05) is 25.5 Å². The average molecular weight is 356 g/mol. The summed E-state index contributed by atoms with van der Waals surface area (Å²) in [6.45, 7) is 0.634. The van der Waals surface area contributed by atoms with Gasteiger partial charge in [0.15, 0.2) is 0 Å². The van der Waals surface area contributed by atoms with Gasteiger partial charge in [-0.2, -0.15) is 13.2 Å². The Balaban J connectivity index is 1.75. The van der Waals surface area contributed by atoms with Crippen LogP contribution in [0.2, 0.25) is 0 Å². The number of nitrogens with one attached hydrogen (secondary N) is 1. The summed E-state index contributed by atoms with van der Waals surface area (Å²) in [6, 6.07) is 2.46. The summed E-state index contributed by atoms with van der Waals surface area (Å²) >= 11 is 0. The summed E-state index contributed by atoms with van der Waals surface area (Å²) in [5.74, 6) is -5.30. The largest absolute Gasteiger partial charge is 0.481 e. The number of likely N-dealkylation sites (tertiary alicyclic amines) is 1. The van der Waals surface area contributed by atoms with Crippen LogP contribution in [0.25, 0.3) is 5.65 Å². The number of imidazole rings is 1. The van der Waals surface area contributed by atoms with Gasteiger partial charge in [0.05, 0.1) is 23.2 Å². The molecule has 0 aliphatic carbocycles. The molecule has 1 saturated heterocycles. The number of amides is 2. The Morgan fingerprint density at radius 3 is 2.60 bits per heavy atom. The number of anilines is 1. The molecule has 2 aromatic rings. The molecule has 25 heavy (non-hydrogen) atoms. The Hall–Kier alpha value is -2.78. The number of hydrogen-bond donors (Lipinski definition) is 2. The maximum Gasteiger partial charge on any atom is 0.394 e. The van der Waals surface area contributed by atoms with Crippen molar-refractivity contribution in [2.75, 3.05) is 18.4 Å².